The number of benzene rings is 2. The third-order valence-corrected chi connectivity index (χ3v) is 8.50. The van der Waals surface area contributed by atoms with Gasteiger partial charge in [0.05, 0.1) is 23.6 Å². The topological polar surface area (TPSA) is 47.6 Å². The molecule has 0 saturated carbocycles. The van der Waals surface area contributed by atoms with Crippen molar-refractivity contribution in [3.05, 3.63) is 68.5 Å². The number of rotatable bonds is 7. The van der Waals surface area contributed by atoms with Gasteiger partial charge in [-0.15, -0.1) is 11.3 Å². The molecule has 2 aromatic carbocycles. The third kappa shape index (κ3) is 4.85. The summed E-state index contributed by atoms with van der Waals surface area (Å²) in [5, 5.41) is 4.69. The molecule has 1 aliphatic heterocycles. The van der Waals surface area contributed by atoms with E-state index in [0.717, 1.165) is 58.0 Å². The molecule has 0 amide bonds. The van der Waals surface area contributed by atoms with Gasteiger partial charge in [-0.3, -0.25) is 4.79 Å². The van der Waals surface area contributed by atoms with Gasteiger partial charge in [-0.2, -0.15) is 0 Å². The van der Waals surface area contributed by atoms with Crippen molar-refractivity contribution in [2.75, 3.05) is 20.3 Å². The molecule has 4 nitrogen and oxygen atoms in total. The lowest BCUT2D eigenvalue weighted by molar-refractivity contribution is 0.0950. The normalized spacial score (nSPS) is 19.8. The fraction of sp³-hybridized carbons (Fsp3) is 0.370. The highest BCUT2D eigenvalue weighted by atomic mass is 35.5. The molecule has 0 bridgehead atoms. The van der Waals surface area contributed by atoms with Gasteiger partial charge in [-0.05, 0) is 80.1 Å². The van der Waals surface area contributed by atoms with E-state index >= 15 is 0 Å². The number of ketones is 1. The predicted molar refractivity (Wildman–Crippen MR) is 139 cm³/mol. The second-order valence-corrected chi connectivity index (χ2v) is 10.8. The van der Waals surface area contributed by atoms with Crippen LogP contribution in [0, 0.1) is 0 Å². The number of halogens is 2. The van der Waals surface area contributed by atoms with E-state index in [1.54, 1.807) is 13.2 Å². The minimum Gasteiger partial charge on any atom is -0.493 e. The summed E-state index contributed by atoms with van der Waals surface area (Å²) in [7, 11) is 1.65. The maximum absolute atomic E-state index is 13.5. The molecule has 1 saturated heterocycles. The van der Waals surface area contributed by atoms with Crippen molar-refractivity contribution in [3.63, 3.8) is 0 Å². The summed E-state index contributed by atoms with van der Waals surface area (Å²) in [5.41, 5.74) is 2.97. The Balaban J connectivity index is 1.33. The molecule has 1 N–H and O–H groups in total. The summed E-state index contributed by atoms with van der Waals surface area (Å²) in [5.74, 6) is 1.37. The summed E-state index contributed by atoms with van der Waals surface area (Å²) in [6.07, 6.45) is 5.04. The first kappa shape index (κ1) is 23.7. The quantitative estimate of drug-likeness (QED) is 0.362. The minimum absolute atomic E-state index is 0.158. The summed E-state index contributed by atoms with van der Waals surface area (Å²) in [6.45, 7) is 1.74. The number of carbonyl (C=O) groups excluding carboxylic acids is 1. The van der Waals surface area contributed by atoms with Gasteiger partial charge in [0.2, 0.25) is 0 Å². The van der Waals surface area contributed by atoms with Crippen LogP contribution in [0.5, 0.6) is 11.5 Å². The van der Waals surface area contributed by atoms with Crippen molar-refractivity contribution < 1.29 is 14.3 Å². The van der Waals surface area contributed by atoms with Crippen LogP contribution in [0.25, 0.3) is 10.4 Å². The summed E-state index contributed by atoms with van der Waals surface area (Å²) >= 11 is 14.0. The number of thiophene rings is 1. The zero-order valence-electron chi connectivity index (χ0n) is 19.0. The van der Waals surface area contributed by atoms with Gasteiger partial charge in [-0.1, -0.05) is 35.3 Å². The lowest BCUT2D eigenvalue weighted by Crippen LogP contribution is -2.23. The van der Waals surface area contributed by atoms with Gasteiger partial charge >= 0.3 is 0 Å². The van der Waals surface area contributed by atoms with Gasteiger partial charge in [-0.25, -0.2) is 0 Å². The van der Waals surface area contributed by atoms with Crippen molar-refractivity contribution in [2.24, 2.45) is 0 Å². The third-order valence-electron chi connectivity index (χ3n) is 6.72. The molecule has 2 atom stereocenters. The number of Topliss-reactive ketones (excluding diaryl/α,β-unsaturated/α-hetero) is 1. The first-order chi connectivity index (χ1) is 16.5. The number of hydrogen-bond acceptors (Lipinski definition) is 5. The van der Waals surface area contributed by atoms with E-state index in [-0.39, 0.29) is 11.7 Å². The van der Waals surface area contributed by atoms with Crippen molar-refractivity contribution in [1.29, 1.82) is 0 Å². The van der Waals surface area contributed by atoms with Gasteiger partial charge in [0, 0.05) is 27.4 Å². The van der Waals surface area contributed by atoms with Crippen molar-refractivity contribution in [3.8, 4) is 21.9 Å². The molecular weight excluding hydrogens is 489 g/mol. The molecule has 7 heteroatoms. The van der Waals surface area contributed by atoms with Crippen LogP contribution >= 0.6 is 34.5 Å². The van der Waals surface area contributed by atoms with Gasteiger partial charge in [0.1, 0.15) is 0 Å². The second-order valence-electron chi connectivity index (χ2n) is 8.89. The molecule has 3 aromatic rings. The Kier molecular flexibility index (Phi) is 7.16. The average Bonchev–Trinajstić information content (AvgIpc) is 3.50. The summed E-state index contributed by atoms with van der Waals surface area (Å²) < 4.78 is 11.6. The van der Waals surface area contributed by atoms with Gasteiger partial charge in [0.15, 0.2) is 17.3 Å². The SMILES string of the molecule is COc1cc(C2CCc3cc(-c4ccc(Cl)cc4Cl)sc3C2=O)ccc1OCCC1CCCN1. The Bertz CT molecular complexity index is 1200. The van der Waals surface area contributed by atoms with E-state index in [2.05, 4.69) is 11.4 Å². The fourth-order valence-corrected chi connectivity index (χ4v) is 6.70. The van der Waals surface area contributed by atoms with Gasteiger partial charge in [0.25, 0.3) is 0 Å². The van der Waals surface area contributed by atoms with E-state index < -0.39 is 0 Å². The minimum atomic E-state index is -0.190. The highest BCUT2D eigenvalue weighted by Gasteiger charge is 2.31. The van der Waals surface area contributed by atoms with E-state index in [9.17, 15) is 4.79 Å². The second kappa shape index (κ2) is 10.3. The molecule has 2 heterocycles. The van der Waals surface area contributed by atoms with Crippen LogP contribution in [0.2, 0.25) is 10.0 Å². The number of carbonyl (C=O) groups is 1. The maximum Gasteiger partial charge on any atom is 0.180 e. The molecule has 178 valence electrons. The molecule has 2 unspecified atom stereocenters. The maximum atomic E-state index is 13.5. The van der Waals surface area contributed by atoms with Crippen LogP contribution in [-0.2, 0) is 6.42 Å². The highest BCUT2D eigenvalue weighted by Crippen LogP contribution is 2.43. The first-order valence-electron chi connectivity index (χ1n) is 11.7. The summed E-state index contributed by atoms with van der Waals surface area (Å²) in [6, 6.07) is 14.0. The molecule has 0 radical (unpaired) electrons. The van der Waals surface area contributed by atoms with Gasteiger partial charge < -0.3 is 14.8 Å². The van der Waals surface area contributed by atoms with Crippen molar-refractivity contribution in [1.82, 2.24) is 5.32 Å². The number of methoxy groups -OCH3 is 1. The van der Waals surface area contributed by atoms with Crippen LogP contribution in [-0.4, -0.2) is 32.1 Å². The molecule has 1 aromatic heterocycles. The zero-order valence-corrected chi connectivity index (χ0v) is 21.4. The van der Waals surface area contributed by atoms with E-state index in [4.69, 9.17) is 32.7 Å². The molecule has 2 aliphatic rings. The van der Waals surface area contributed by atoms with E-state index in [0.29, 0.717) is 28.4 Å². The molecule has 34 heavy (non-hydrogen) atoms. The Hall–Kier alpha value is -2.05. The lowest BCUT2D eigenvalue weighted by Gasteiger charge is -2.22. The lowest BCUT2D eigenvalue weighted by atomic mass is 9.83. The zero-order chi connectivity index (χ0) is 23.7. The van der Waals surface area contributed by atoms with E-state index in [1.165, 1.54) is 24.2 Å². The standard InChI is InChI=1S/C27H27Cl2NO3S/c1-32-24-13-16(5-9-23(24)33-12-10-19-3-2-11-30-19)20-7-4-17-14-25(34-27(17)26(20)31)21-8-6-18(28)15-22(21)29/h5-6,8-9,13-15,19-20,30H,2-4,7,10-12H2,1H3. The van der Waals surface area contributed by atoms with E-state index in [1.807, 2.05) is 30.3 Å². The molecule has 1 aliphatic carbocycles. The average molecular weight is 516 g/mol. The van der Waals surface area contributed by atoms with Crippen LogP contribution in [0.3, 0.4) is 0 Å². The summed E-state index contributed by atoms with van der Waals surface area (Å²) in [4.78, 5) is 15.3. The smallest absolute Gasteiger partial charge is 0.180 e. The van der Waals surface area contributed by atoms with Crippen molar-refractivity contribution >= 4 is 40.3 Å². The first-order valence-corrected chi connectivity index (χ1v) is 13.3. The molecule has 0 spiro atoms. The predicted octanol–water partition coefficient (Wildman–Crippen LogP) is 7.16. The number of nitrogens with one attached hydrogen (secondary N) is 1. The Labute approximate surface area is 214 Å². The number of ether oxygens (including phenoxy) is 2. The largest absolute Gasteiger partial charge is 0.493 e. The number of aryl methyl sites for hydroxylation is 1. The Morgan fingerprint density at radius 3 is 2.74 bits per heavy atom. The Morgan fingerprint density at radius 1 is 1.09 bits per heavy atom. The van der Waals surface area contributed by atoms with Crippen LogP contribution in [0.15, 0.2) is 42.5 Å². The van der Waals surface area contributed by atoms with Crippen LogP contribution < -0.4 is 14.8 Å². The molecule has 1 fully saturated rings. The number of hydrogen-bond donors (Lipinski definition) is 1. The van der Waals surface area contributed by atoms with Crippen LogP contribution in [0.1, 0.15) is 52.4 Å². The fourth-order valence-electron chi connectivity index (χ4n) is 4.89. The van der Waals surface area contributed by atoms with Crippen LogP contribution in [0.4, 0.5) is 0 Å². The monoisotopic (exact) mass is 515 g/mol. The highest BCUT2D eigenvalue weighted by molar-refractivity contribution is 7.17. The molecule has 5 rings (SSSR count). The number of fused-ring (bicyclic) bond motifs is 1. The molecular formula is C27H27Cl2NO3S. The Morgan fingerprint density at radius 2 is 1.97 bits per heavy atom. The van der Waals surface area contributed by atoms with Crippen molar-refractivity contribution in [2.45, 2.75) is 44.1 Å².